The number of rotatable bonds is 9. The van der Waals surface area contributed by atoms with Crippen molar-refractivity contribution in [2.75, 3.05) is 36.8 Å². The van der Waals surface area contributed by atoms with Crippen LogP contribution in [-0.4, -0.2) is 63.8 Å². The zero-order valence-corrected chi connectivity index (χ0v) is 19.6. The topological polar surface area (TPSA) is 108 Å². The highest BCUT2D eigenvalue weighted by atomic mass is 32.2. The number of sulfonamides is 1. The van der Waals surface area contributed by atoms with E-state index in [1.54, 1.807) is 24.3 Å². The first-order valence-corrected chi connectivity index (χ1v) is 12.6. The Hall–Kier alpha value is -3.47. The number of likely N-dealkylation sites (tertiary alicyclic amines) is 1. The normalized spacial score (nSPS) is 14.1. The van der Waals surface area contributed by atoms with Gasteiger partial charge in [0.15, 0.2) is 6.61 Å². The van der Waals surface area contributed by atoms with Crippen molar-refractivity contribution < 1.29 is 27.1 Å². The molecule has 1 aliphatic rings. The van der Waals surface area contributed by atoms with Gasteiger partial charge in [0.1, 0.15) is 18.1 Å². The second-order valence-electron chi connectivity index (χ2n) is 7.84. The Balaban J connectivity index is 1.50. The molecule has 1 heterocycles. The fourth-order valence-corrected chi connectivity index (χ4v) is 4.25. The molecule has 0 atom stereocenters. The summed E-state index contributed by atoms with van der Waals surface area (Å²) in [6, 6.07) is 11.7. The maximum atomic E-state index is 13.5. The molecule has 0 spiro atoms. The highest BCUT2D eigenvalue weighted by molar-refractivity contribution is 7.92. The number of halogens is 1. The first-order valence-electron chi connectivity index (χ1n) is 10.8. The number of ether oxygens (including phenoxy) is 1. The van der Waals surface area contributed by atoms with Gasteiger partial charge in [-0.2, -0.15) is 5.10 Å². The molecule has 0 radical (unpaired) electrons. The molecule has 11 heteroatoms. The lowest BCUT2D eigenvalue weighted by Gasteiger charge is -2.26. The number of nitrogens with zero attached hydrogens (tertiary/aromatic N) is 3. The smallest absolute Gasteiger partial charge is 0.260 e. The van der Waals surface area contributed by atoms with Gasteiger partial charge in [0.25, 0.3) is 11.8 Å². The van der Waals surface area contributed by atoms with E-state index < -0.39 is 28.3 Å². The standard InChI is InChI=1S/C23H27FN4O5S/c1-34(31,32)28(20-7-5-6-19(24)14-20)16-22(29)26-25-15-18-8-10-21(11-9-18)33-17-23(30)27-12-3-2-4-13-27/h5-11,14-15H,2-4,12-13,16-17H2,1H3,(H,26,29)/b25-15-. The molecular weight excluding hydrogens is 463 g/mol. The summed E-state index contributed by atoms with van der Waals surface area (Å²) in [6.07, 6.45) is 5.50. The predicted molar refractivity (Wildman–Crippen MR) is 127 cm³/mol. The summed E-state index contributed by atoms with van der Waals surface area (Å²) >= 11 is 0. The fourth-order valence-electron chi connectivity index (χ4n) is 3.41. The lowest BCUT2D eigenvalue weighted by Crippen LogP contribution is -2.39. The van der Waals surface area contributed by atoms with Crippen molar-refractivity contribution in [3.8, 4) is 5.75 Å². The van der Waals surface area contributed by atoms with Crippen molar-refractivity contribution in [2.45, 2.75) is 19.3 Å². The van der Waals surface area contributed by atoms with Crippen LogP contribution in [0.1, 0.15) is 24.8 Å². The SMILES string of the molecule is CS(=O)(=O)N(CC(=O)N/N=C\c1ccc(OCC(=O)N2CCCCC2)cc1)c1cccc(F)c1. The maximum absolute atomic E-state index is 13.5. The lowest BCUT2D eigenvalue weighted by molar-refractivity contribution is -0.134. The Labute approximate surface area is 198 Å². The van der Waals surface area contributed by atoms with Crippen LogP contribution in [0, 0.1) is 5.82 Å². The van der Waals surface area contributed by atoms with Gasteiger partial charge in [-0.15, -0.1) is 0 Å². The van der Waals surface area contributed by atoms with Crippen LogP contribution in [0.2, 0.25) is 0 Å². The van der Waals surface area contributed by atoms with Gasteiger partial charge in [0.05, 0.1) is 18.2 Å². The Morgan fingerprint density at radius 3 is 2.50 bits per heavy atom. The number of anilines is 1. The molecule has 2 aromatic rings. The van der Waals surface area contributed by atoms with Gasteiger partial charge in [-0.3, -0.25) is 13.9 Å². The third-order valence-corrected chi connectivity index (χ3v) is 6.28. The summed E-state index contributed by atoms with van der Waals surface area (Å²) in [7, 11) is -3.82. The average molecular weight is 491 g/mol. The monoisotopic (exact) mass is 490 g/mol. The van der Waals surface area contributed by atoms with Gasteiger partial charge in [-0.1, -0.05) is 6.07 Å². The van der Waals surface area contributed by atoms with Crippen molar-refractivity contribution in [2.24, 2.45) is 5.10 Å². The van der Waals surface area contributed by atoms with E-state index in [-0.39, 0.29) is 18.2 Å². The van der Waals surface area contributed by atoms with E-state index >= 15 is 0 Å². The number of piperidine rings is 1. The lowest BCUT2D eigenvalue weighted by atomic mass is 10.1. The van der Waals surface area contributed by atoms with E-state index in [1.165, 1.54) is 24.4 Å². The molecule has 0 aromatic heterocycles. The van der Waals surface area contributed by atoms with Crippen LogP contribution < -0.4 is 14.5 Å². The third-order valence-electron chi connectivity index (χ3n) is 5.14. The molecule has 1 N–H and O–H groups in total. The van der Waals surface area contributed by atoms with Crippen LogP contribution in [0.5, 0.6) is 5.75 Å². The zero-order valence-electron chi connectivity index (χ0n) is 18.8. The second-order valence-corrected chi connectivity index (χ2v) is 9.75. The van der Waals surface area contributed by atoms with Gasteiger partial charge < -0.3 is 9.64 Å². The van der Waals surface area contributed by atoms with Gasteiger partial charge in [0.2, 0.25) is 10.0 Å². The summed E-state index contributed by atoms with van der Waals surface area (Å²) in [5, 5.41) is 3.83. The Morgan fingerprint density at radius 1 is 1.15 bits per heavy atom. The number of hydrogen-bond donors (Lipinski definition) is 1. The molecule has 1 saturated heterocycles. The van der Waals surface area contributed by atoms with Crippen LogP contribution in [-0.2, 0) is 19.6 Å². The number of benzene rings is 2. The molecule has 0 aliphatic carbocycles. The number of hydrazone groups is 1. The summed E-state index contributed by atoms with van der Waals surface area (Å²) in [5.41, 5.74) is 2.95. The predicted octanol–water partition coefficient (Wildman–Crippen LogP) is 2.13. The Morgan fingerprint density at radius 2 is 1.85 bits per heavy atom. The average Bonchev–Trinajstić information content (AvgIpc) is 2.81. The third kappa shape index (κ3) is 7.55. The largest absolute Gasteiger partial charge is 0.484 e. The van der Waals surface area contributed by atoms with Crippen molar-refractivity contribution in [3.05, 3.63) is 59.9 Å². The zero-order chi connectivity index (χ0) is 24.6. The minimum atomic E-state index is -3.82. The van der Waals surface area contributed by atoms with E-state index in [0.717, 1.165) is 49.0 Å². The van der Waals surface area contributed by atoms with E-state index in [0.29, 0.717) is 11.3 Å². The molecular formula is C23H27FN4O5S. The summed E-state index contributed by atoms with van der Waals surface area (Å²) in [5.74, 6) is -0.810. The first kappa shape index (κ1) is 25.2. The van der Waals surface area contributed by atoms with Crippen molar-refractivity contribution >= 4 is 33.7 Å². The Kier molecular flexibility index (Phi) is 8.58. The summed E-state index contributed by atoms with van der Waals surface area (Å²) < 4.78 is 43.9. The molecule has 34 heavy (non-hydrogen) atoms. The molecule has 0 unspecified atom stereocenters. The molecule has 0 saturated carbocycles. The van der Waals surface area contributed by atoms with Crippen LogP contribution in [0.4, 0.5) is 10.1 Å². The summed E-state index contributed by atoms with van der Waals surface area (Å²) in [4.78, 5) is 26.2. The first-order chi connectivity index (χ1) is 16.2. The summed E-state index contributed by atoms with van der Waals surface area (Å²) in [6.45, 7) is 0.962. The molecule has 1 aliphatic heterocycles. The van der Waals surface area contributed by atoms with E-state index in [4.69, 9.17) is 4.74 Å². The van der Waals surface area contributed by atoms with Gasteiger partial charge in [-0.05, 0) is 67.3 Å². The van der Waals surface area contributed by atoms with Gasteiger partial charge in [-0.25, -0.2) is 18.2 Å². The van der Waals surface area contributed by atoms with Crippen LogP contribution in [0.3, 0.4) is 0 Å². The van der Waals surface area contributed by atoms with E-state index in [1.807, 2.05) is 4.90 Å². The van der Waals surface area contributed by atoms with Crippen LogP contribution >= 0.6 is 0 Å². The quantitative estimate of drug-likeness (QED) is 0.428. The number of nitrogens with one attached hydrogen (secondary N) is 1. The molecule has 0 bridgehead atoms. The molecule has 2 aromatic carbocycles. The number of hydrogen-bond acceptors (Lipinski definition) is 6. The minimum Gasteiger partial charge on any atom is -0.484 e. The molecule has 182 valence electrons. The van der Waals surface area contributed by atoms with Crippen molar-refractivity contribution in [1.82, 2.24) is 10.3 Å². The van der Waals surface area contributed by atoms with Crippen LogP contribution in [0.25, 0.3) is 0 Å². The molecule has 2 amide bonds. The Bertz CT molecular complexity index is 1130. The van der Waals surface area contributed by atoms with Crippen molar-refractivity contribution in [3.63, 3.8) is 0 Å². The highest BCUT2D eigenvalue weighted by Crippen LogP contribution is 2.18. The van der Waals surface area contributed by atoms with Crippen LogP contribution in [0.15, 0.2) is 53.6 Å². The molecule has 3 rings (SSSR count). The second kappa shape index (κ2) is 11.6. The van der Waals surface area contributed by atoms with E-state index in [9.17, 15) is 22.4 Å². The minimum absolute atomic E-state index is 0.0222. The number of carbonyl (C=O) groups excluding carboxylic acids is 2. The highest BCUT2D eigenvalue weighted by Gasteiger charge is 2.21. The van der Waals surface area contributed by atoms with Gasteiger partial charge >= 0.3 is 0 Å². The van der Waals surface area contributed by atoms with Crippen molar-refractivity contribution in [1.29, 1.82) is 0 Å². The number of carbonyl (C=O) groups is 2. The maximum Gasteiger partial charge on any atom is 0.260 e. The van der Waals surface area contributed by atoms with E-state index in [2.05, 4.69) is 10.5 Å². The number of amides is 2. The molecule has 1 fully saturated rings. The molecule has 9 nitrogen and oxygen atoms in total. The van der Waals surface area contributed by atoms with Gasteiger partial charge in [0, 0.05) is 13.1 Å². The fraction of sp³-hybridized carbons (Fsp3) is 0.348.